The van der Waals surface area contributed by atoms with Crippen molar-refractivity contribution >= 4 is 34.4 Å². The second-order valence-corrected chi connectivity index (χ2v) is 8.21. The highest BCUT2D eigenvalue weighted by Crippen LogP contribution is 2.23. The molecule has 0 unspecified atom stereocenters. The van der Waals surface area contributed by atoms with Crippen LogP contribution in [0.5, 0.6) is 0 Å². The van der Waals surface area contributed by atoms with E-state index < -0.39 is 12.0 Å². The molecular weight excluding hydrogens is 444 g/mol. The van der Waals surface area contributed by atoms with E-state index in [9.17, 15) is 14.4 Å². The monoisotopic (exact) mass is 470 g/mol. The van der Waals surface area contributed by atoms with E-state index in [4.69, 9.17) is 10.8 Å². The molecule has 1 heterocycles. The number of aromatic amines is 1. The second kappa shape index (κ2) is 10.7. The Morgan fingerprint density at radius 2 is 1.57 bits per heavy atom. The number of carboxylic acids is 1. The van der Waals surface area contributed by atoms with Crippen molar-refractivity contribution in [2.75, 3.05) is 11.9 Å². The Hall–Kier alpha value is -4.43. The Morgan fingerprint density at radius 3 is 2.26 bits per heavy atom. The number of carbonyl (C=O) groups excluding carboxylic acids is 2. The maximum atomic E-state index is 12.6. The highest BCUT2D eigenvalue weighted by atomic mass is 16.4. The first-order valence-corrected chi connectivity index (χ1v) is 11.2. The van der Waals surface area contributed by atoms with E-state index in [-0.39, 0.29) is 24.8 Å². The molecule has 35 heavy (non-hydrogen) atoms. The molecule has 0 spiro atoms. The van der Waals surface area contributed by atoms with Gasteiger partial charge < -0.3 is 26.5 Å². The number of H-pyrrole nitrogens is 1. The first-order valence-electron chi connectivity index (χ1n) is 11.2. The zero-order chi connectivity index (χ0) is 24.8. The fourth-order valence-corrected chi connectivity index (χ4v) is 3.81. The van der Waals surface area contributed by atoms with Gasteiger partial charge in [-0.15, -0.1) is 0 Å². The first kappa shape index (κ1) is 23.7. The highest BCUT2D eigenvalue weighted by Gasteiger charge is 2.16. The van der Waals surface area contributed by atoms with Crippen molar-refractivity contribution in [1.82, 2.24) is 10.3 Å². The summed E-state index contributed by atoms with van der Waals surface area (Å²) in [6.07, 6.45) is 2.18. The van der Waals surface area contributed by atoms with Gasteiger partial charge in [0.1, 0.15) is 0 Å². The normalized spacial score (nSPS) is 11.7. The zero-order valence-corrected chi connectivity index (χ0v) is 19.0. The Kier molecular flexibility index (Phi) is 7.23. The van der Waals surface area contributed by atoms with Crippen molar-refractivity contribution in [3.8, 4) is 11.1 Å². The lowest BCUT2D eigenvalue weighted by Gasteiger charge is -2.12. The fraction of sp³-hybridized carbons (Fsp3) is 0.148. The molecule has 0 fully saturated rings. The van der Waals surface area contributed by atoms with Crippen LogP contribution in [0.2, 0.25) is 0 Å². The number of aliphatic carboxylic acids is 1. The summed E-state index contributed by atoms with van der Waals surface area (Å²) >= 11 is 0. The average Bonchev–Trinajstić information content (AvgIpc) is 3.27. The van der Waals surface area contributed by atoms with Crippen LogP contribution in [0.25, 0.3) is 22.0 Å². The lowest BCUT2D eigenvalue weighted by atomic mass is 10.0. The number of rotatable bonds is 9. The molecule has 3 aromatic carbocycles. The molecule has 4 rings (SSSR count). The maximum Gasteiger partial charge on any atom is 0.305 e. The standard InChI is InChI=1S/C27H26N4O4/c28-23(15-20-16-30-24-4-2-1-3-22(20)24)27(35)31-21-11-9-18(10-12-21)17-5-7-19(8-6-17)26(34)29-14-13-25(32)33/h1-12,16,23,30H,13-15,28H2,(H,29,34)(H,31,35)(H,32,33)/t23-/m0/s1. The van der Waals surface area contributed by atoms with Crippen molar-refractivity contribution in [3.05, 3.63) is 90.1 Å². The van der Waals surface area contributed by atoms with Crippen LogP contribution in [-0.4, -0.2) is 40.5 Å². The molecule has 0 aliphatic carbocycles. The number of amides is 2. The summed E-state index contributed by atoms with van der Waals surface area (Å²) in [5.41, 5.74) is 11.1. The van der Waals surface area contributed by atoms with E-state index in [1.54, 1.807) is 24.3 Å². The van der Waals surface area contributed by atoms with E-state index in [2.05, 4.69) is 15.6 Å². The molecule has 0 saturated carbocycles. The fourth-order valence-electron chi connectivity index (χ4n) is 3.81. The van der Waals surface area contributed by atoms with Crippen LogP contribution in [-0.2, 0) is 16.0 Å². The molecule has 1 atom stereocenters. The Balaban J connectivity index is 1.34. The predicted octanol–water partition coefficient (Wildman–Crippen LogP) is 3.55. The number of para-hydroxylation sites is 1. The SMILES string of the molecule is N[C@@H](Cc1c[nH]c2ccccc12)C(=O)Nc1ccc(-c2ccc(C(=O)NCCC(=O)O)cc2)cc1. The summed E-state index contributed by atoms with van der Waals surface area (Å²) in [4.78, 5) is 38.5. The predicted molar refractivity (Wildman–Crippen MR) is 135 cm³/mol. The molecule has 8 heteroatoms. The van der Waals surface area contributed by atoms with Gasteiger partial charge in [0, 0.05) is 34.9 Å². The number of anilines is 1. The van der Waals surface area contributed by atoms with Gasteiger partial charge >= 0.3 is 5.97 Å². The maximum absolute atomic E-state index is 12.6. The summed E-state index contributed by atoms with van der Waals surface area (Å²) < 4.78 is 0. The molecule has 0 aliphatic rings. The number of fused-ring (bicyclic) bond motifs is 1. The topological polar surface area (TPSA) is 137 Å². The third kappa shape index (κ3) is 5.93. The molecule has 178 valence electrons. The number of hydrogen-bond acceptors (Lipinski definition) is 4. The summed E-state index contributed by atoms with van der Waals surface area (Å²) in [5, 5.41) is 15.2. The van der Waals surface area contributed by atoms with Gasteiger partial charge in [-0.3, -0.25) is 14.4 Å². The van der Waals surface area contributed by atoms with E-state index >= 15 is 0 Å². The Morgan fingerprint density at radius 1 is 0.914 bits per heavy atom. The highest BCUT2D eigenvalue weighted by molar-refractivity contribution is 5.96. The van der Waals surface area contributed by atoms with Crippen molar-refractivity contribution in [1.29, 1.82) is 0 Å². The van der Waals surface area contributed by atoms with Crippen LogP contribution in [0.4, 0.5) is 5.69 Å². The van der Waals surface area contributed by atoms with Crippen LogP contribution >= 0.6 is 0 Å². The van der Waals surface area contributed by atoms with Crippen molar-refractivity contribution in [2.24, 2.45) is 5.73 Å². The average molecular weight is 471 g/mol. The molecule has 1 aromatic heterocycles. The molecule has 2 amide bonds. The number of carboxylic acid groups (broad SMARTS) is 1. The summed E-state index contributed by atoms with van der Waals surface area (Å²) in [6, 6.07) is 21.6. The smallest absolute Gasteiger partial charge is 0.305 e. The van der Waals surface area contributed by atoms with Gasteiger partial charge in [0.2, 0.25) is 5.91 Å². The third-order valence-electron chi connectivity index (χ3n) is 5.71. The number of nitrogens with one attached hydrogen (secondary N) is 3. The Bertz CT molecular complexity index is 1340. The molecule has 0 bridgehead atoms. The number of benzene rings is 3. The van der Waals surface area contributed by atoms with Gasteiger partial charge in [-0.2, -0.15) is 0 Å². The van der Waals surface area contributed by atoms with Crippen molar-refractivity contribution in [2.45, 2.75) is 18.9 Å². The minimum Gasteiger partial charge on any atom is -0.481 e. The van der Waals surface area contributed by atoms with Crippen LogP contribution < -0.4 is 16.4 Å². The van der Waals surface area contributed by atoms with Crippen LogP contribution in [0.1, 0.15) is 22.3 Å². The second-order valence-electron chi connectivity index (χ2n) is 8.21. The first-order chi connectivity index (χ1) is 16.9. The molecular formula is C27H26N4O4. The van der Waals surface area contributed by atoms with Crippen LogP contribution in [0, 0.1) is 0 Å². The van der Waals surface area contributed by atoms with Gasteiger partial charge in [0.15, 0.2) is 0 Å². The number of hydrogen-bond donors (Lipinski definition) is 5. The summed E-state index contributed by atoms with van der Waals surface area (Å²) in [6.45, 7) is 0.0779. The minimum absolute atomic E-state index is 0.0779. The minimum atomic E-state index is -0.962. The summed E-state index contributed by atoms with van der Waals surface area (Å²) in [5.74, 6) is -1.54. The molecule has 0 radical (unpaired) electrons. The quantitative estimate of drug-likeness (QED) is 0.255. The van der Waals surface area contributed by atoms with Crippen molar-refractivity contribution in [3.63, 3.8) is 0 Å². The molecule has 0 saturated heterocycles. The van der Waals surface area contributed by atoms with E-state index in [0.717, 1.165) is 27.6 Å². The summed E-state index contributed by atoms with van der Waals surface area (Å²) in [7, 11) is 0. The number of carbonyl (C=O) groups is 3. The molecule has 8 nitrogen and oxygen atoms in total. The van der Waals surface area contributed by atoms with Gasteiger partial charge in [0.25, 0.3) is 5.91 Å². The van der Waals surface area contributed by atoms with Crippen LogP contribution in [0.3, 0.4) is 0 Å². The molecule has 0 aliphatic heterocycles. The largest absolute Gasteiger partial charge is 0.481 e. The van der Waals surface area contributed by atoms with E-state index in [0.29, 0.717) is 17.7 Å². The molecule has 6 N–H and O–H groups in total. The third-order valence-corrected chi connectivity index (χ3v) is 5.71. The van der Waals surface area contributed by atoms with Gasteiger partial charge in [0.05, 0.1) is 12.5 Å². The van der Waals surface area contributed by atoms with E-state index in [1.165, 1.54) is 0 Å². The zero-order valence-electron chi connectivity index (χ0n) is 19.0. The number of aromatic nitrogens is 1. The van der Waals surface area contributed by atoms with Gasteiger partial charge in [-0.05, 0) is 53.4 Å². The van der Waals surface area contributed by atoms with Crippen molar-refractivity contribution < 1.29 is 19.5 Å². The lowest BCUT2D eigenvalue weighted by molar-refractivity contribution is -0.136. The number of nitrogens with two attached hydrogens (primary N) is 1. The molecule has 4 aromatic rings. The van der Waals surface area contributed by atoms with E-state index in [1.807, 2.05) is 54.7 Å². The van der Waals surface area contributed by atoms with Crippen LogP contribution in [0.15, 0.2) is 79.0 Å². The van der Waals surface area contributed by atoms with Gasteiger partial charge in [-0.25, -0.2) is 0 Å². The lowest BCUT2D eigenvalue weighted by Crippen LogP contribution is -2.37. The Labute approximate surface area is 202 Å². The van der Waals surface area contributed by atoms with Gasteiger partial charge in [-0.1, -0.05) is 42.5 Å².